The van der Waals surface area contributed by atoms with E-state index in [0.29, 0.717) is 28.3 Å². The van der Waals surface area contributed by atoms with Gasteiger partial charge in [-0.25, -0.2) is 9.97 Å². The fourth-order valence-corrected chi connectivity index (χ4v) is 3.98. The van der Waals surface area contributed by atoms with Crippen molar-refractivity contribution >= 4 is 11.4 Å². The zero-order chi connectivity index (χ0) is 19.4. The maximum Gasteiger partial charge on any atom is 0.234 e. The minimum absolute atomic E-state index is 0.125. The van der Waals surface area contributed by atoms with E-state index >= 15 is 0 Å². The van der Waals surface area contributed by atoms with Crippen LogP contribution in [0, 0.1) is 0 Å². The van der Waals surface area contributed by atoms with E-state index in [1.54, 1.807) is 18.5 Å². The molecule has 0 atom stereocenters. The first-order valence-electron chi connectivity index (χ1n) is 9.69. The van der Waals surface area contributed by atoms with Gasteiger partial charge in [0.25, 0.3) is 0 Å². The highest BCUT2D eigenvalue weighted by molar-refractivity contribution is 5.71. The molecule has 0 bridgehead atoms. The lowest BCUT2D eigenvalue weighted by atomic mass is 9.97. The van der Waals surface area contributed by atoms with Crippen LogP contribution in [-0.2, 0) is 0 Å². The number of benzene rings is 1. The number of nitrogens with zero attached hydrogens (tertiary/aromatic N) is 6. The van der Waals surface area contributed by atoms with E-state index in [-0.39, 0.29) is 5.75 Å². The van der Waals surface area contributed by atoms with Crippen molar-refractivity contribution in [1.29, 1.82) is 0 Å². The number of aromatic hydroxyl groups is 1. The van der Waals surface area contributed by atoms with Crippen molar-refractivity contribution in [3.8, 4) is 22.7 Å². The molecule has 8 nitrogen and oxygen atoms in total. The molecule has 4 aromatic rings. The standard InChI is InChI=1S/C21H19N7O/c29-19-11-15(28-23-8-9-24-28)1-2-16(19)18-13-27-10-4-17(25-20(27)26-18)14-3-7-22-21(12-14)5-6-21/h1-4,8-11,13,22,29H,5-7,12H2. The van der Waals surface area contributed by atoms with Crippen molar-refractivity contribution in [3.63, 3.8) is 0 Å². The molecule has 0 amide bonds. The van der Waals surface area contributed by atoms with Crippen LogP contribution < -0.4 is 5.32 Å². The molecule has 0 unspecified atom stereocenters. The smallest absolute Gasteiger partial charge is 0.234 e. The zero-order valence-electron chi connectivity index (χ0n) is 15.7. The Kier molecular flexibility index (Phi) is 3.39. The predicted molar refractivity (Wildman–Crippen MR) is 108 cm³/mol. The average Bonchev–Trinajstić information content (AvgIpc) is 3.15. The van der Waals surface area contributed by atoms with Crippen LogP contribution in [0.4, 0.5) is 0 Å². The molecule has 4 heterocycles. The fourth-order valence-electron chi connectivity index (χ4n) is 3.98. The maximum atomic E-state index is 10.5. The quantitative estimate of drug-likeness (QED) is 0.563. The van der Waals surface area contributed by atoms with Crippen LogP contribution >= 0.6 is 0 Å². The molecule has 1 saturated carbocycles. The van der Waals surface area contributed by atoms with Gasteiger partial charge in [-0.2, -0.15) is 15.0 Å². The van der Waals surface area contributed by atoms with E-state index in [9.17, 15) is 5.11 Å². The number of rotatable bonds is 3. The molecule has 1 fully saturated rings. The van der Waals surface area contributed by atoms with E-state index in [2.05, 4.69) is 26.6 Å². The summed E-state index contributed by atoms with van der Waals surface area (Å²) >= 11 is 0. The molecular formula is C21H19N7O. The summed E-state index contributed by atoms with van der Waals surface area (Å²) in [5.41, 5.74) is 4.57. The number of hydrogen-bond acceptors (Lipinski definition) is 6. The summed E-state index contributed by atoms with van der Waals surface area (Å²) < 4.78 is 1.88. The van der Waals surface area contributed by atoms with Crippen molar-refractivity contribution in [2.45, 2.75) is 24.8 Å². The minimum atomic E-state index is 0.125. The molecule has 1 aliphatic heterocycles. The molecule has 3 aromatic heterocycles. The molecule has 144 valence electrons. The zero-order valence-corrected chi connectivity index (χ0v) is 15.7. The van der Waals surface area contributed by atoms with Crippen molar-refractivity contribution in [1.82, 2.24) is 34.7 Å². The number of phenolic OH excluding ortho intramolecular Hbond substituents is 1. The molecule has 2 N–H and O–H groups in total. The van der Waals surface area contributed by atoms with Gasteiger partial charge in [-0.1, -0.05) is 6.08 Å². The van der Waals surface area contributed by atoms with Gasteiger partial charge < -0.3 is 10.4 Å². The second-order valence-corrected chi connectivity index (χ2v) is 7.73. The van der Waals surface area contributed by atoms with Gasteiger partial charge in [0.2, 0.25) is 5.78 Å². The van der Waals surface area contributed by atoms with Crippen LogP contribution in [-0.4, -0.2) is 46.6 Å². The van der Waals surface area contributed by atoms with E-state index in [4.69, 9.17) is 4.98 Å². The molecule has 1 aliphatic carbocycles. The average molecular weight is 385 g/mol. The Morgan fingerprint density at radius 2 is 1.86 bits per heavy atom. The normalized spacial score (nSPS) is 17.6. The molecule has 1 aromatic carbocycles. The van der Waals surface area contributed by atoms with Gasteiger partial charge in [-0.05, 0) is 43.0 Å². The van der Waals surface area contributed by atoms with Gasteiger partial charge in [0.15, 0.2) is 0 Å². The maximum absolute atomic E-state index is 10.5. The summed E-state index contributed by atoms with van der Waals surface area (Å²) in [6.07, 6.45) is 12.8. The fraction of sp³-hybridized carbons (Fsp3) is 0.238. The first-order chi connectivity index (χ1) is 14.2. The Hall–Kier alpha value is -3.52. The monoisotopic (exact) mass is 385 g/mol. The van der Waals surface area contributed by atoms with Gasteiger partial charge in [-0.3, -0.25) is 4.40 Å². The third-order valence-corrected chi connectivity index (χ3v) is 5.77. The number of aromatic nitrogens is 6. The topological polar surface area (TPSA) is 93.2 Å². The Bertz CT molecular complexity index is 1250. The van der Waals surface area contributed by atoms with E-state index in [0.717, 1.165) is 18.7 Å². The van der Waals surface area contributed by atoms with E-state index in [1.165, 1.54) is 23.2 Å². The molecule has 29 heavy (non-hydrogen) atoms. The van der Waals surface area contributed by atoms with Crippen LogP contribution in [0.1, 0.15) is 25.0 Å². The number of fused-ring (bicyclic) bond motifs is 1. The van der Waals surface area contributed by atoms with Crippen LogP contribution in [0.15, 0.2) is 55.1 Å². The first-order valence-corrected chi connectivity index (χ1v) is 9.69. The molecule has 8 heteroatoms. The number of hydrogen-bond donors (Lipinski definition) is 2. The summed E-state index contributed by atoms with van der Waals surface area (Å²) in [7, 11) is 0. The summed E-state index contributed by atoms with van der Waals surface area (Å²) in [5.74, 6) is 0.749. The molecule has 2 aliphatic rings. The van der Waals surface area contributed by atoms with Gasteiger partial charge in [-0.15, -0.1) is 0 Å². The van der Waals surface area contributed by atoms with Crippen molar-refractivity contribution in [3.05, 3.63) is 60.8 Å². The second-order valence-electron chi connectivity index (χ2n) is 7.73. The summed E-state index contributed by atoms with van der Waals surface area (Å²) in [4.78, 5) is 10.9. The lowest BCUT2D eigenvalue weighted by Crippen LogP contribution is -2.34. The minimum Gasteiger partial charge on any atom is -0.507 e. The third-order valence-electron chi connectivity index (χ3n) is 5.77. The number of nitrogens with one attached hydrogen (secondary N) is 1. The summed E-state index contributed by atoms with van der Waals surface area (Å²) in [5, 5.41) is 22.3. The molecule has 0 saturated heterocycles. The third kappa shape index (κ3) is 2.80. The Morgan fingerprint density at radius 3 is 2.66 bits per heavy atom. The number of phenols is 1. The molecule has 1 spiro atoms. The van der Waals surface area contributed by atoms with Crippen molar-refractivity contribution in [2.75, 3.05) is 6.54 Å². The van der Waals surface area contributed by atoms with Gasteiger partial charge in [0.05, 0.1) is 29.5 Å². The first kappa shape index (κ1) is 16.4. The van der Waals surface area contributed by atoms with E-state index in [1.807, 2.05) is 35.0 Å². The highest BCUT2D eigenvalue weighted by atomic mass is 16.3. The number of imidazole rings is 1. The van der Waals surface area contributed by atoms with Crippen LogP contribution in [0.2, 0.25) is 0 Å². The predicted octanol–water partition coefficient (Wildman–Crippen LogP) is 2.59. The van der Waals surface area contributed by atoms with E-state index < -0.39 is 0 Å². The van der Waals surface area contributed by atoms with Gasteiger partial charge in [0.1, 0.15) is 5.75 Å². The summed E-state index contributed by atoms with van der Waals surface area (Å²) in [6, 6.07) is 7.35. The van der Waals surface area contributed by atoms with Crippen LogP contribution in [0.25, 0.3) is 28.3 Å². The second kappa shape index (κ2) is 5.99. The van der Waals surface area contributed by atoms with Crippen molar-refractivity contribution in [2.24, 2.45) is 0 Å². The Labute approximate surface area is 166 Å². The lowest BCUT2D eigenvalue weighted by Gasteiger charge is -2.23. The summed E-state index contributed by atoms with van der Waals surface area (Å²) in [6.45, 7) is 0.896. The Morgan fingerprint density at radius 1 is 1.03 bits per heavy atom. The SMILES string of the molecule is Oc1cc(-n2nccn2)ccc1-c1cn2ccc(C3=CCNC4(CC4)C3)nc2n1. The van der Waals surface area contributed by atoms with Gasteiger partial charge in [0, 0.05) is 36.1 Å². The molecular weight excluding hydrogens is 366 g/mol. The largest absolute Gasteiger partial charge is 0.507 e. The van der Waals surface area contributed by atoms with Crippen LogP contribution in [0.3, 0.4) is 0 Å². The molecule has 6 rings (SSSR count). The molecule has 0 radical (unpaired) electrons. The Balaban J connectivity index is 1.35. The highest BCUT2D eigenvalue weighted by Gasteiger charge is 2.44. The lowest BCUT2D eigenvalue weighted by molar-refractivity contribution is 0.476. The van der Waals surface area contributed by atoms with Crippen LogP contribution in [0.5, 0.6) is 5.75 Å². The van der Waals surface area contributed by atoms with Crippen molar-refractivity contribution < 1.29 is 5.11 Å². The van der Waals surface area contributed by atoms with Gasteiger partial charge >= 0.3 is 0 Å². The highest BCUT2D eigenvalue weighted by Crippen LogP contribution is 2.44.